The molecule has 1 unspecified atom stereocenters. The summed E-state index contributed by atoms with van der Waals surface area (Å²) in [6, 6.07) is 10.1. The molecular formula is C23H29N3O3. The SMILES string of the molecule is Cc1ccccc1N1CCN(C(=O)C2CCCN(C(=O)c3ccoc3C)C2)CC1. The Morgan fingerprint density at radius 3 is 2.41 bits per heavy atom. The smallest absolute Gasteiger partial charge is 0.257 e. The summed E-state index contributed by atoms with van der Waals surface area (Å²) in [6.45, 7) is 8.29. The van der Waals surface area contributed by atoms with Crippen LogP contribution in [0.2, 0.25) is 0 Å². The van der Waals surface area contributed by atoms with Crippen LogP contribution in [0.3, 0.4) is 0 Å². The largest absolute Gasteiger partial charge is 0.469 e. The summed E-state index contributed by atoms with van der Waals surface area (Å²) in [4.78, 5) is 32.1. The fraction of sp³-hybridized carbons (Fsp3) is 0.478. The topological polar surface area (TPSA) is 57.0 Å². The van der Waals surface area contributed by atoms with E-state index in [4.69, 9.17) is 4.42 Å². The van der Waals surface area contributed by atoms with Crippen LogP contribution in [0.25, 0.3) is 0 Å². The second kappa shape index (κ2) is 8.31. The highest BCUT2D eigenvalue weighted by atomic mass is 16.3. The van der Waals surface area contributed by atoms with Gasteiger partial charge < -0.3 is 19.1 Å². The second-order valence-electron chi connectivity index (χ2n) is 8.08. The Bertz CT molecular complexity index is 883. The Balaban J connectivity index is 1.36. The highest BCUT2D eigenvalue weighted by Gasteiger charge is 2.33. The number of piperazine rings is 1. The molecule has 2 aromatic rings. The lowest BCUT2D eigenvalue weighted by Crippen LogP contribution is -2.53. The normalized spacial score (nSPS) is 20.1. The third kappa shape index (κ3) is 4.02. The summed E-state index contributed by atoms with van der Waals surface area (Å²) in [5, 5.41) is 0. The van der Waals surface area contributed by atoms with E-state index < -0.39 is 0 Å². The molecular weight excluding hydrogens is 366 g/mol. The molecule has 2 aliphatic rings. The number of aryl methyl sites for hydroxylation is 2. The van der Waals surface area contributed by atoms with Crippen LogP contribution >= 0.6 is 0 Å². The maximum Gasteiger partial charge on any atom is 0.257 e. The van der Waals surface area contributed by atoms with E-state index in [0.29, 0.717) is 24.4 Å². The average Bonchev–Trinajstić information content (AvgIpc) is 3.19. The number of carbonyl (C=O) groups excluding carboxylic acids is 2. The number of anilines is 1. The molecule has 1 atom stereocenters. The average molecular weight is 396 g/mol. The minimum atomic E-state index is -0.107. The van der Waals surface area contributed by atoms with Crippen molar-refractivity contribution in [1.82, 2.24) is 9.80 Å². The van der Waals surface area contributed by atoms with E-state index in [1.54, 1.807) is 19.3 Å². The number of hydrogen-bond acceptors (Lipinski definition) is 4. The van der Waals surface area contributed by atoms with E-state index >= 15 is 0 Å². The lowest BCUT2D eigenvalue weighted by molar-refractivity contribution is -0.137. The predicted molar refractivity (Wildman–Crippen MR) is 112 cm³/mol. The summed E-state index contributed by atoms with van der Waals surface area (Å²) in [7, 11) is 0. The zero-order valence-corrected chi connectivity index (χ0v) is 17.3. The number of piperidine rings is 1. The minimum Gasteiger partial charge on any atom is -0.469 e. The van der Waals surface area contributed by atoms with Gasteiger partial charge in [-0.25, -0.2) is 0 Å². The van der Waals surface area contributed by atoms with Gasteiger partial charge in [-0.15, -0.1) is 0 Å². The maximum atomic E-state index is 13.1. The van der Waals surface area contributed by atoms with E-state index in [2.05, 4.69) is 36.1 Å². The molecule has 2 amide bonds. The molecule has 0 bridgehead atoms. The molecule has 3 heterocycles. The number of carbonyl (C=O) groups is 2. The predicted octanol–water partition coefficient (Wildman–Crippen LogP) is 3.10. The van der Waals surface area contributed by atoms with Gasteiger partial charge in [0.15, 0.2) is 0 Å². The summed E-state index contributed by atoms with van der Waals surface area (Å²) >= 11 is 0. The number of benzene rings is 1. The Morgan fingerprint density at radius 1 is 0.966 bits per heavy atom. The van der Waals surface area contributed by atoms with Gasteiger partial charge in [-0.1, -0.05) is 18.2 Å². The molecule has 4 rings (SSSR count). The van der Waals surface area contributed by atoms with Crippen molar-refractivity contribution >= 4 is 17.5 Å². The summed E-state index contributed by atoms with van der Waals surface area (Å²) in [5.41, 5.74) is 3.12. The third-order valence-electron chi connectivity index (χ3n) is 6.19. The van der Waals surface area contributed by atoms with Crippen molar-refractivity contribution < 1.29 is 14.0 Å². The lowest BCUT2D eigenvalue weighted by atomic mass is 9.95. The zero-order chi connectivity index (χ0) is 20.4. The highest BCUT2D eigenvalue weighted by Crippen LogP contribution is 2.24. The first-order valence-corrected chi connectivity index (χ1v) is 10.5. The third-order valence-corrected chi connectivity index (χ3v) is 6.19. The first-order chi connectivity index (χ1) is 14.0. The van der Waals surface area contributed by atoms with Crippen LogP contribution < -0.4 is 4.90 Å². The number of nitrogens with zero attached hydrogens (tertiary/aromatic N) is 3. The quantitative estimate of drug-likeness (QED) is 0.801. The van der Waals surface area contributed by atoms with Crippen molar-refractivity contribution in [3.8, 4) is 0 Å². The summed E-state index contributed by atoms with van der Waals surface area (Å²) in [6.07, 6.45) is 3.26. The van der Waals surface area contributed by atoms with Crippen molar-refractivity contribution in [3.63, 3.8) is 0 Å². The molecule has 2 saturated heterocycles. The van der Waals surface area contributed by atoms with Crippen LogP contribution in [0.4, 0.5) is 5.69 Å². The lowest BCUT2D eigenvalue weighted by Gasteiger charge is -2.40. The zero-order valence-electron chi connectivity index (χ0n) is 17.3. The molecule has 6 nitrogen and oxygen atoms in total. The van der Waals surface area contributed by atoms with E-state index in [-0.39, 0.29) is 17.7 Å². The first-order valence-electron chi connectivity index (χ1n) is 10.5. The molecule has 0 N–H and O–H groups in total. The fourth-order valence-electron chi connectivity index (χ4n) is 4.48. The van der Waals surface area contributed by atoms with Gasteiger partial charge in [0.1, 0.15) is 5.76 Å². The van der Waals surface area contributed by atoms with Gasteiger partial charge in [0.2, 0.25) is 5.91 Å². The van der Waals surface area contributed by atoms with Crippen LogP contribution in [-0.4, -0.2) is 60.9 Å². The highest BCUT2D eigenvalue weighted by molar-refractivity contribution is 5.95. The van der Waals surface area contributed by atoms with Crippen LogP contribution in [0, 0.1) is 19.8 Å². The van der Waals surface area contributed by atoms with Gasteiger partial charge in [0, 0.05) is 45.0 Å². The molecule has 29 heavy (non-hydrogen) atoms. The van der Waals surface area contributed by atoms with Crippen molar-refractivity contribution in [2.24, 2.45) is 5.92 Å². The van der Waals surface area contributed by atoms with Gasteiger partial charge in [-0.05, 0) is 44.4 Å². The van der Waals surface area contributed by atoms with Crippen molar-refractivity contribution in [2.75, 3.05) is 44.2 Å². The van der Waals surface area contributed by atoms with E-state index in [1.807, 2.05) is 9.80 Å². The minimum absolute atomic E-state index is 0.0295. The number of rotatable bonds is 3. The van der Waals surface area contributed by atoms with Gasteiger partial charge in [-0.2, -0.15) is 0 Å². The molecule has 6 heteroatoms. The maximum absolute atomic E-state index is 13.1. The van der Waals surface area contributed by atoms with Crippen molar-refractivity contribution in [1.29, 1.82) is 0 Å². The monoisotopic (exact) mass is 395 g/mol. The summed E-state index contributed by atoms with van der Waals surface area (Å²) < 4.78 is 5.27. The molecule has 0 radical (unpaired) electrons. The van der Waals surface area contributed by atoms with Crippen LogP contribution in [0.15, 0.2) is 41.0 Å². The Morgan fingerprint density at radius 2 is 1.72 bits per heavy atom. The Labute approximate surface area is 172 Å². The molecule has 0 aliphatic carbocycles. The molecule has 0 spiro atoms. The molecule has 154 valence electrons. The van der Waals surface area contributed by atoms with E-state index in [9.17, 15) is 9.59 Å². The van der Waals surface area contributed by atoms with Gasteiger partial charge in [0.25, 0.3) is 5.91 Å². The molecule has 2 aliphatic heterocycles. The number of likely N-dealkylation sites (tertiary alicyclic amines) is 1. The van der Waals surface area contributed by atoms with Gasteiger partial charge in [0.05, 0.1) is 17.7 Å². The van der Waals surface area contributed by atoms with Gasteiger partial charge >= 0.3 is 0 Å². The molecule has 0 saturated carbocycles. The number of para-hydroxylation sites is 1. The Hall–Kier alpha value is -2.76. The van der Waals surface area contributed by atoms with Crippen molar-refractivity contribution in [3.05, 3.63) is 53.5 Å². The Kier molecular flexibility index (Phi) is 5.60. The van der Waals surface area contributed by atoms with Crippen LogP contribution in [0.5, 0.6) is 0 Å². The molecule has 1 aromatic carbocycles. The second-order valence-corrected chi connectivity index (χ2v) is 8.08. The first kappa shape index (κ1) is 19.6. The van der Waals surface area contributed by atoms with Crippen LogP contribution in [-0.2, 0) is 4.79 Å². The fourth-order valence-corrected chi connectivity index (χ4v) is 4.48. The molecule has 2 fully saturated rings. The summed E-state index contributed by atoms with van der Waals surface area (Å²) in [5.74, 6) is 0.690. The number of hydrogen-bond donors (Lipinski definition) is 0. The van der Waals surface area contributed by atoms with E-state index in [1.165, 1.54) is 11.3 Å². The van der Waals surface area contributed by atoms with Crippen LogP contribution in [0.1, 0.15) is 34.5 Å². The van der Waals surface area contributed by atoms with Gasteiger partial charge in [-0.3, -0.25) is 9.59 Å². The van der Waals surface area contributed by atoms with Crippen molar-refractivity contribution in [2.45, 2.75) is 26.7 Å². The molecule has 1 aromatic heterocycles. The number of amides is 2. The van der Waals surface area contributed by atoms with E-state index in [0.717, 1.165) is 39.0 Å². The number of furan rings is 1. The standard InChI is InChI=1S/C23H29N3O3/c1-17-6-3-4-8-21(17)24-11-13-25(14-12-24)22(27)19-7-5-10-26(16-19)23(28)20-9-15-29-18(20)2/h3-4,6,8-9,15,19H,5,7,10-14,16H2,1-2H3.